The lowest BCUT2D eigenvalue weighted by atomic mass is 9.95. The van der Waals surface area contributed by atoms with Crippen molar-refractivity contribution in [2.75, 3.05) is 24.7 Å². The number of ether oxygens (including phenoxy) is 1. The maximum Gasteiger partial charge on any atom is 0.322 e. The zero-order valence-electron chi connectivity index (χ0n) is 13.0. The van der Waals surface area contributed by atoms with Gasteiger partial charge in [0.2, 0.25) is 0 Å². The van der Waals surface area contributed by atoms with E-state index in [-0.39, 0.29) is 12.1 Å². The van der Waals surface area contributed by atoms with Gasteiger partial charge in [-0.15, -0.1) is 0 Å². The van der Waals surface area contributed by atoms with Gasteiger partial charge in [0.1, 0.15) is 0 Å². The van der Waals surface area contributed by atoms with Gasteiger partial charge in [-0.2, -0.15) is 0 Å². The summed E-state index contributed by atoms with van der Waals surface area (Å²) in [5.74, 6) is 0. The Morgan fingerprint density at radius 2 is 2.00 bits per heavy atom. The number of urea groups is 1. The number of fused-ring (bicyclic) bond motifs is 1. The van der Waals surface area contributed by atoms with Crippen molar-refractivity contribution < 1.29 is 9.53 Å². The van der Waals surface area contributed by atoms with Crippen molar-refractivity contribution in [1.29, 1.82) is 0 Å². The predicted molar refractivity (Wildman–Crippen MR) is 92.1 cm³/mol. The minimum atomic E-state index is -0.194. The van der Waals surface area contributed by atoms with Crippen LogP contribution in [0.4, 0.5) is 10.5 Å². The largest absolute Gasteiger partial charge is 0.380 e. The van der Waals surface area contributed by atoms with Gasteiger partial charge in [-0.25, -0.2) is 4.79 Å². The minimum absolute atomic E-state index is 0.117. The van der Waals surface area contributed by atoms with Crippen molar-refractivity contribution in [3.63, 3.8) is 0 Å². The summed E-state index contributed by atoms with van der Waals surface area (Å²) in [4.78, 5) is 14.3. The first-order chi connectivity index (χ1) is 11.2. The molecule has 0 spiro atoms. The van der Waals surface area contributed by atoms with Gasteiger partial charge in [0.05, 0.1) is 24.9 Å². The molecule has 1 atom stereocenters. The molecule has 1 aliphatic heterocycles. The Labute approximate surface area is 141 Å². The summed E-state index contributed by atoms with van der Waals surface area (Å²) in [5.41, 5.74) is 2.92. The van der Waals surface area contributed by atoms with Crippen LogP contribution in [0.25, 0.3) is 0 Å². The van der Waals surface area contributed by atoms with Crippen LogP contribution in [0.5, 0.6) is 0 Å². The molecular weight excluding hydrogens is 312 g/mol. The highest BCUT2D eigenvalue weighted by molar-refractivity contribution is 6.30. The lowest BCUT2D eigenvalue weighted by molar-refractivity contribution is 0.153. The third kappa shape index (κ3) is 3.33. The SMILES string of the molecule is CCOCCN1C(=O)NC(c2ccccc2)c2cc(Cl)ccc21. The standard InChI is InChI=1S/C18H19ClN2O2/c1-2-23-11-10-21-16-9-8-14(19)12-15(16)17(20-18(21)22)13-6-4-3-5-7-13/h3-9,12,17H,2,10-11H2,1H3,(H,20,22). The third-order valence-corrected chi connectivity index (χ3v) is 4.14. The van der Waals surface area contributed by atoms with E-state index in [1.54, 1.807) is 4.90 Å². The lowest BCUT2D eigenvalue weighted by Gasteiger charge is -2.35. The van der Waals surface area contributed by atoms with E-state index >= 15 is 0 Å². The second-order valence-corrected chi connectivity index (χ2v) is 5.78. The second kappa shape index (κ2) is 7.02. The van der Waals surface area contributed by atoms with Gasteiger partial charge in [-0.3, -0.25) is 4.90 Å². The van der Waals surface area contributed by atoms with Crippen LogP contribution in [-0.4, -0.2) is 25.8 Å². The average Bonchev–Trinajstić information content (AvgIpc) is 2.57. The molecule has 0 saturated carbocycles. The van der Waals surface area contributed by atoms with Crippen LogP contribution >= 0.6 is 11.6 Å². The summed E-state index contributed by atoms with van der Waals surface area (Å²) in [5, 5.41) is 3.72. The number of carbonyl (C=O) groups is 1. The number of nitrogens with one attached hydrogen (secondary N) is 1. The Balaban J connectivity index is 1.98. The molecule has 3 rings (SSSR count). The highest BCUT2D eigenvalue weighted by Crippen LogP contribution is 2.36. The van der Waals surface area contributed by atoms with Gasteiger partial charge in [-0.05, 0) is 30.7 Å². The van der Waals surface area contributed by atoms with Gasteiger partial charge in [0.15, 0.2) is 0 Å². The van der Waals surface area contributed by atoms with E-state index in [0.29, 0.717) is 24.8 Å². The first-order valence-corrected chi connectivity index (χ1v) is 8.08. The van der Waals surface area contributed by atoms with E-state index in [9.17, 15) is 4.79 Å². The summed E-state index contributed by atoms with van der Waals surface area (Å²) in [6.07, 6.45) is 0. The van der Waals surface area contributed by atoms with Gasteiger partial charge in [0, 0.05) is 17.2 Å². The Hall–Kier alpha value is -2.04. The van der Waals surface area contributed by atoms with Crippen LogP contribution in [0.3, 0.4) is 0 Å². The molecule has 0 bridgehead atoms. The quantitative estimate of drug-likeness (QED) is 0.842. The number of rotatable bonds is 5. The molecule has 4 nitrogen and oxygen atoms in total. The molecule has 1 N–H and O–H groups in total. The zero-order chi connectivity index (χ0) is 16.2. The van der Waals surface area contributed by atoms with Crippen molar-refractivity contribution in [3.05, 3.63) is 64.7 Å². The van der Waals surface area contributed by atoms with Crippen LogP contribution in [0, 0.1) is 0 Å². The minimum Gasteiger partial charge on any atom is -0.380 e. The summed E-state index contributed by atoms with van der Waals surface area (Å²) >= 11 is 6.18. The molecule has 0 aliphatic carbocycles. The van der Waals surface area contributed by atoms with Gasteiger partial charge in [-0.1, -0.05) is 41.9 Å². The van der Waals surface area contributed by atoms with Crippen molar-refractivity contribution in [3.8, 4) is 0 Å². The van der Waals surface area contributed by atoms with Crippen LogP contribution < -0.4 is 10.2 Å². The summed E-state index contributed by atoms with van der Waals surface area (Å²) in [7, 11) is 0. The van der Waals surface area contributed by atoms with E-state index < -0.39 is 0 Å². The maximum atomic E-state index is 12.5. The molecule has 1 unspecified atom stereocenters. The number of amides is 2. The number of anilines is 1. The van der Waals surface area contributed by atoms with Crippen molar-refractivity contribution in [2.24, 2.45) is 0 Å². The monoisotopic (exact) mass is 330 g/mol. The van der Waals surface area contributed by atoms with Crippen LogP contribution in [-0.2, 0) is 4.74 Å². The molecule has 0 radical (unpaired) electrons. The van der Waals surface area contributed by atoms with Crippen LogP contribution in [0.2, 0.25) is 5.02 Å². The van der Waals surface area contributed by atoms with E-state index in [2.05, 4.69) is 5.32 Å². The van der Waals surface area contributed by atoms with Gasteiger partial charge < -0.3 is 10.1 Å². The first-order valence-electron chi connectivity index (χ1n) is 7.71. The lowest BCUT2D eigenvalue weighted by Crippen LogP contribution is -2.48. The highest BCUT2D eigenvalue weighted by Gasteiger charge is 2.31. The normalized spacial score (nSPS) is 16.9. The number of benzene rings is 2. The Morgan fingerprint density at radius 3 is 2.74 bits per heavy atom. The van der Waals surface area contributed by atoms with E-state index in [1.807, 2.05) is 55.5 Å². The molecule has 2 amide bonds. The fourth-order valence-corrected chi connectivity index (χ4v) is 3.00. The molecule has 23 heavy (non-hydrogen) atoms. The molecule has 0 aromatic heterocycles. The molecule has 1 heterocycles. The number of halogens is 1. The predicted octanol–water partition coefficient (Wildman–Crippen LogP) is 4.00. The zero-order valence-corrected chi connectivity index (χ0v) is 13.7. The smallest absolute Gasteiger partial charge is 0.322 e. The van der Waals surface area contributed by atoms with E-state index in [4.69, 9.17) is 16.3 Å². The number of carbonyl (C=O) groups excluding carboxylic acids is 1. The summed E-state index contributed by atoms with van der Waals surface area (Å²) in [6, 6.07) is 15.2. The van der Waals surface area contributed by atoms with Gasteiger partial charge >= 0.3 is 6.03 Å². The fraction of sp³-hybridized carbons (Fsp3) is 0.278. The molecule has 2 aromatic carbocycles. The van der Waals surface area contributed by atoms with Crippen molar-refractivity contribution in [1.82, 2.24) is 5.32 Å². The molecule has 120 valence electrons. The molecule has 1 aliphatic rings. The molecule has 5 heteroatoms. The number of hydrogen-bond donors (Lipinski definition) is 1. The molecule has 2 aromatic rings. The highest BCUT2D eigenvalue weighted by atomic mass is 35.5. The number of hydrogen-bond acceptors (Lipinski definition) is 2. The van der Waals surface area contributed by atoms with E-state index in [0.717, 1.165) is 16.8 Å². The molecule has 0 fully saturated rings. The second-order valence-electron chi connectivity index (χ2n) is 5.34. The number of nitrogens with zero attached hydrogens (tertiary/aromatic N) is 1. The maximum absolute atomic E-state index is 12.5. The Bertz CT molecular complexity index is 691. The van der Waals surface area contributed by atoms with Crippen LogP contribution in [0.1, 0.15) is 24.1 Å². The van der Waals surface area contributed by atoms with Crippen LogP contribution in [0.15, 0.2) is 48.5 Å². The van der Waals surface area contributed by atoms with Gasteiger partial charge in [0.25, 0.3) is 0 Å². The summed E-state index contributed by atoms with van der Waals surface area (Å²) in [6.45, 7) is 3.59. The van der Waals surface area contributed by atoms with Crippen molar-refractivity contribution >= 4 is 23.3 Å². The molecular formula is C18H19ClN2O2. The fourth-order valence-electron chi connectivity index (χ4n) is 2.82. The molecule has 0 saturated heterocycles. The third-order valence-electron chi connectivity index (χ3n) is 3.90. The average molecular weight is 331 g/mol. The van der Waals surface area contributed by atoms with Crippen molar-refractivity contribution in [2.45, 2.75) is 13.0 Å². The topological polar surface area (TPSA) is 41.6 Å². The van der Waals surface area contributed by atoms with E-state index in [1.165, 1.54) is 0 Å². The summed E-state index contributed by atoms with van der Waals surface area (Å²) < 4.78 is 5.39. The Kier molecular flexibility index (Phi) is 4.84. The Morgan fingerprint density at radius 1 is 1.22 bits per heavy atom. The first kappa shape index (κ1) is 15.8.